The highest BCUT2D eigenvalue weighted by Crippen LogP contribution is 2.25. The largest absolute Gasteiger partial charge is 0.349 e. The Bertz CT molecular complexity index is 848. The van der Waals surface area contributed by atoms with Crippen LogP contribution in [0.25, 0.3) is 0 Å². The van der Waals surface area contributed by atoms with Gasteiger partial charge in [-0.25, -0.2) is 8.42 Å². The number of carbonyl (C=O) groups excluding carboxylic acids is 1. The standard InChI is InChI=1S/C20H26N2O3S/c1-15(2)16(3)21-20(23)18-12-8-9-13-19(18)22(26(4,24)25)14-17-10-6-5-7-11-17/h5-13,15-16H,14H2,1-4H3,(H,21,23)/t16-/m0/s1. The number of anilines is 1. The maximum absolute atomic E-state index is 12.7. The Hall–Kier alpha value is -2.34. The fraction of sp³-hybridized carbons (Fsp3) is 0.350. The van der Waals surface area contributed by atoms with E-state index < -0.39 is 10.0 Å². The number of sulfonamides is 1. The number of hydrogen-bond acceptors (Lipinski definition) is 3. The van der Waals surface area contributed by atoms with Crippen molar-refractivity contribution in [1.29, 1.82) is 0 Å². The lowest BCUT2D eigenvalue weighted by molar-refractivity contribution is 0.0931. The van der Waals surface area contributed by atoms with E-state index in [-0.39, 0.29) is 24.4 Å². The van der Waals surface area contributed by atoms with Crippen molar-refractivity contribution in [2.24, 2.45) is 5.92 Å². The molecule has 6 heteroatoms. The molecule has 0 aliphatic rings. The molecule has 0 unspecified atom stereocenters. The Morgan fingerprint density at radius 2 is 1.58 bits per heavy atom. The summed E-state index contributed by atoms with van der Waals surface area (Å²) in [6, 6.07) is 16.1. The van der Waals surface area contributed by atoms with Gasteiger partial charge < -0.3 is 5.32 Å². The van der Waals surface area contributed by atoms with Crippen LogP contribution in [-0.2, 0) is 16.6 Å². The van der Waals surface area contributed by atoms with Crippen LogP contribution in [-0.4, -0.2) is 26.6 Å². The minimum atomic E-state index is -3.56. The molecule has 2 rings (SSSR count). The van der Waals surface area contributed by atoms with Gasteiger partial charge in [0.05, 0.1) is 24.1 Å². The molecule has 1 atom stereocenters. The van der Waals surface area contributed by atoms with E-state index in [1.54, 1.807) is 24.3 Å². The zero-order valence-corrected chi connectivity index (χ0v) is 16.5. The minimum absolute atomic E-state index is 0.0173. The molecule has 0 heterocycles. The molecule has 1 N–H and O–H groups in total. The van der Waals surface area contributed by atoms with Crippen molar-refractivity contribution in [3.05, 3.63) is 65.7 Å². The summed E-state index contributed by atoms with van der Waals surface area (Å²) in [6.45, 7) is 6.15. The molecule has 26 heavy (non-hydrogen) atoms. The normalized spacial score (nSPS) is 12.7. The van der Waals surface area contributed by atoms with Crippen LogP contribution in [0.15, 0.2) is 54.6 Å². The van der Waals surface area contributed by atoms with Crippen LogP contribution in [0.1, 0.15) is 36.7 Å². The lowest BCUT2D eigenvalue weighted by Gasteiger charge is -2.25. The van der Waals surface area contributed by atoms with Crippen LogP contribution in [0.2, 0.25) is 0 Å². The molecular weight excluding hydrogens is 348 g/mol. The molecular formula is C20H26N2O3S. The highest BCUT2D eigenvalue weighted by atomic mass is 32.2. The third-order valence-electron chi connectivity index (χ3n) is 4.35. The van der Waals surface area contributed by atoms with Crippen LogP contribution in [0, 0.1) is 5.92 Å². The third-order valence-corrected chi connectivity index (χ3v) is 5.47. The molecule has 0 spiro atoms. The number of amides is 1. The summed E-state index contributed by atoms with van der Waals surface area (Å²) in [7, 11) is -3.56. The second-order valence-corrected chi connectivity index (χ2v) is 8.69. The van der Waals surface area contributed by atoms with Crippen LogP contribution < -0.4 is 9.62 Å². The fourth-order valence-electron chi connectivity index (χ4n) is 2.46. The van der Waals surface area contributed by atoms with Gasteiger partial charge in [-0.1, -0.05) is 56.3 Å². The van der Waals surface area contributed by atoms with E-state index in [1.807, 2.05) is 51.1 Å². The fourth-order valence-corrected chi connectivity index (χ4v) is 3.36. The zero-order valence-electron chi connectivity index (χ0n) is 15.6. The predicted octanol–water partition coefficient (Wildman–Crippen LogP) is 3.43. The van der Waals surface area contributed by atoms with Crippen molar-refractivity contribution >= 4 is 21.6 Å². The van der Waals surface area contributed by atoms with Gasteiger partial charge in [0, 0.05) is 6.04 Å². The molecule has 2 aromatic carbocycles. The number of para-hydroxylation sites is 1. The number of nitrogens with one attached hydrogen (secondary N) is 1. The molecule has 0 bridgehead atoms. The average molecular weight is 375 g/mol. The highest BCUT2D eigenvalue weighted by Gasteiger charge is 2.24. The van der Waals surface area contributed by atoms with Gasteiger partial charge >= 0.3 is 0 Å². The second-order valence-electron chi connectivity index (χ2n) is 6.78. The van der Waals surface area contributed by atoms with Gasteiger partial charge in [0.2, 0.25) is 10.0 Å². The van der Waals surface area contributed by atoms with Crippen molar-refractivity contribution in [3.8, 4) is 0 Å². The molecule has 140 valence electrons. The first-order valence-corrected chi connectivity index (χ1v) is 10.5. The van der Waals surface area contributed by atoms with Gasteiger partial charge in [-0.15, -0.1) is 0 Å². The average Bonchev–Trinajstić information content (AvgIpc) is 2.59. The molecule has 0 fully saturated rings. The predicted molar refractivity (Wildman–Crippen MR) is 106 cm³/mol. The van der Waals surface area contributed by atoms with E-state index in [4.69, 9.17) is 0 Å². The maximum Gasteiger partial charge on any atom is 0.253 e. The van der Waals surface area contributed by atoms with Gasteiger partial charge in [-0.2, -0.15) is 0 Å². The Kier molecular flexibility index (Phi) is 6.42. The van der Waals surface area contributed by atoms with Crippen LogP contribution in [0.5, 0.6) is 0 Å². The van der Waals surface area contributed by atoms with Gasteiger partial charge in [0.15, 0.2) is 0 Å². The Balaban J connectivity index is 2.42. The summed E-state index contributed by atoms with van der Waals surface area (Å²) >= 11 is 0. The summed E-state index contributed by atoms with van der Waals surface area (Å²) in [5.74, 6) is 0.00459. The van der Waals surface area contributed by atoms with Crippen LogP contribution >= 0.6 is 0 Å². The molecule has 2 aromatic rings. The number of hydrogen-bond donors (Lipinski definition) is 1. The molecule has 0 aromatic heterocycles. The molecule has 0 radical (unpaired) electrons. The summed E-state index contributed by atoms with van der Waals surface area (Å²) in [4.78, 5) is 12.7. The number of rotatable bonds is 7. The molecule has 0 aliphatic heterocycles. The summed E-state index contributed by atoms with van der Waals surface area (Å²) in [6.07, 6.45) is 1.15. The van der Waals surface area contributed by atoms with Crippen molar-refractivity contribution in [2.45, 2.75) is 33.4 Å². The van der Waals surface area contributed by atoms with Gasteiger partial charge in [0.25, 0.3) is 5.91 Å². The first kappa shape index (κ1) is 20.0. The zero-order chi connectivity index (χ0) is 19.3. The van der Waals surface area contributed by atoms with Crippen molar-refractivity contribution in [1.82, 2.24) is 5.32 Å². The smallest absolute Gasteiger partial charge is 0.253 e. The topological polar surface area (TPSA) is 66.5 Å². The number of benzene rings is 2. The monoisotopic (exact) mass is 374 g/mol. The van der Waals surface area contributed by atoms with Gasteiger partial charge in [0.1, 0.15) is 0 Å². The maximum atomic E-state index is 12.7. The molecule has 5 nitrogen and oxygen atoms in total. The first-order valence-electron chi connectivity index (χ1n) is 8.61. The molecule has 0 saturated carbocycles. The van der Waals surface area contributed by atoms with Crippen molar-refractivity contribution in [3.63, 3.8) is 0 Å². The van der Waals surface area contributed by atoms with E-state index in [9.17, 15) is 13.2 Å². The molecule has 0 saturated heterocycles. The third kappa shape index (κ3) is 5.08. The second kappa shape index (κ2) is 8.36. The Morgan fingerprint density at radius 1 is 1.00 bits per heavy atom. The van der Waals surface area contributed by atoms with E-state index in [0.29, 0.717) is 11.3 Å². The molecule has 1 amide bonds. The van der Waals surface area contributed by atoms with Crippen LogP contribution in [0.4, 0.5) is 5.69 Å². The van der Waals surface area contributed by atoms with Gasteiger partial charge in [-0.05, 0) is 30.5 Å². The minimum Gasteiger partial charge on any atom is -0.349 e. The lowest BCUT2D eigenvalue weighted by Crippen LogP contribution is -2.38. The lowest BCUT2D eigenvalue weighted by atomic mass is 10.1. The van der Waals surface area contributed by atoms with Crippen LogP contribution in [0.3, 0.4) is 0 Å². The van der Waals surface area contributed by atoms with Gasteiger partial charge in [-0.3, -0.25) is 9.10 Å². The quantitative estimate of drug-likeness (QED) is 0.807. The first-order chi connectivity index (χ1) is 12.2. The SMILES string of the molecule is CC(C)[C@H](C)NC(=O)c1ccccc1N(Cc1ccccc1)S(C)(=O)=O. The Morgan fingerprint density at radius 3 is 2.15 bits per heavy atom. The summed E-state index contributed by atoms with van der Waals surface area (Å²) in [5, 5.41) is 2.95. The number of carbonyl (C=O) groups is 1. The summed E-state index contributed by atoms with van der Waals surface area (Å²) in [5.41, 5.74) is 1.58. The van der Waals surface area contributed by atoms with E-state index in [2.05, 4.69) is 5.32 Å². The van der Waals surface area contributed by atoms with Crippen molar-refractivity contribution in [2.75, 3.05) is 10.6 Å². The van der Waals surface area contributed by atoms with E-state index >= 15 is 0 Å². The Labute approximate surface area is 156 Å². The highest BCUT2D eigenvalue weighted by molar-refractivity contribution is 7.92. The number of nitrogens with zero attached hydrogens (tertiary/aromatic N) is 1. The van der Waals surface area contributed by atoms with Crippen molar-refractivity contribution < 1.29 is 13.2 Å². The molecule has 0 aliphatic carbocycles. The van der Waals surface area contributed by atoms with E-state index in [1.165, 1.54) is 4.31 Å². The summed E-state index contributed by atoms with van der Waals surface area (Å²) < 4.78 is 26.1. The van der Waals surface area contributed by atoms with E-state index in [0.717, 1.165) is 11.8 Å².